The molecule has 1 aromatic heterocycles. The lowest BCUT2D eigenvalue weighted by Crippen LogP contribution is -2.32. The van der Waals surface area contributed by atoms with Gasteiger partial charge in [-0.05, 0) is 42.8 Å². The van der Waals surface area contributed by atoms with Crippen molar-refractivity contribution in [2.75, 3.05) is 35.9 Å². The van der Waals surface area contributed by atoms with Crippen LogP contribution >= 0.6 is 0 Å². The number of ether oxygens (including phenoxy) is 1. The normalized spacial score (nSPS) is 18.3. The van der Waals surface area contributed by atoms with Gasteiger partial charge in [0.15, 0.2) is 9.84 Å². The van der Waals surface area contributed by atoms with Crippen LogP contribution in [-0.4, -0.2) is 51.0 Å². The van der Waals surface area contributed by atoms with Gasteiger partial charge < -0.3 is 15.0 Å². The van der Waals surface area contributed by atoms with Gasteiger partial charge in [0.1, 0.15) is 11.4 Å². The second kappa shape index (κ2) is 7.33. The highest BCUT2D eigenvalue weighted by molar-refractivity contribution is 7.91. The molecule has 2 aromatic rings. The average molecular weight is 375 g/mol. The predicted octanol–water partition coefficient (Wildman–Crippen LogP) is 1.97. The number of nitrogens with one attached hydrogen (secondary N) is 1. The highest BCUT2D eigenvalue weighted by atomic mass is 32.2. The van der Waals surface area contributed by atoms with Crippen LogP contribution in [0.1, 0.15) is 16.9 Å². The number of hydrogen-bond donors (Lipinski definition) is 1. The molecule has 1 unspecified atom stereocenters. The smallest absolute Gasteiger partial charge is 0.274 e. The molecule has 0 bridgehead atoms. The number of nitrogens with zero attached hydrogens (tertiary/aromatic N) is 2. The van der Waals surface area contributed by atoms with Crippen LogP contribution in [0.2, 0.25) is 0 Å². The Morgan fingerprint density at radius 3 is 2.62 bits per heavy atom. The minimum absolute atomic E-state index is 0.0834. The quantitative estimate of drug-likeness (QED) is 0.859. The highest BCUT2D eigenvalue weighted by Crippen LogP contribution is 2.23. The second-order valence-corrected chi connectivity index (χ2v) is 8.48. The fraction of sp³-hybridized carbons (Fsp3) is 0.333. The monoisotopic (exact) mass is 375 g/mol. The highest BCUT2D eigenvalue weighted by Gasteiger charge is 2.31. The number of carbonyl (C=O) groups excluding carboxylic acids is 1. The molecule has 1 aliphatic rings. The zero-order valence-electron chi connectivity index (χ0n) is 14.7. The Balaban J connectivity index is 1.72. The van der Waals surface area contributed by atoms with Gasteiger partial charge in [0, 0.05) is 30.7 Å². The van der Waals surface area contributed by atoms with E-state index in [1.54, 1.807) is 49.7 Å². The molecule has 1 amide bonds. The van der Waals surface area contributed by atoms with E-state index in [-0.39, 0.29) is 29.1 Å². The predicted molar refractivity (Wildman–Crippen MR) is 101 cm³/mol. The molecule has 1 fully saturated rings. The third-order valence-electron chi connectivity index (χ3n) is 4.49. The molecule has 1 atom stereocenters. The Labute approximate surface area is 152 Å². The van der Waals surface area contributed by atoms with Crippen LogP contribution < -0.4 is 15.0 Å². The summed E-state index contributed by atoms with van der Waals surface area (Å²) in [6, 6.07) is 10.4. The first-order chi connectivity index (χ1) is 12.4. The third-order valence-corrected chi connectivity index (χ3v) is 6.24. The first-order valence-electron chi connectivity index (χ1n) is 8.23. The molecule has 2 heterocycles. The van der Waals surface area contributed by atoms with Gasteiger partial charge >= 0.3 is 0 Å². The number of pyridine rings is 1. The molecule has 8 heteroatoms. The Bertz CT molecular complexity index is 897. The van der Waals surface area contributed by atoms with Gasteiger partial charge in [-0.3, -0.25) is 9.78 Å². The molecule has 0 radical (unpaired) electrons. The number of rotatable bonds is 5. The van der Waals surface area contributed by atoms with Crippen molar-refractivity contribution in [3.8, 4) is 5.75 Å². The summed E-state index contributed by atoms with van der Waals surface area (Å²) in [5, 5.41) is 2.79. The zero-order chi connectivity index (χ0) is 18.7. The molecule has 1 aliphatic heterocycles. The molecular formula is C18H21N3O4S. The standard InChI is InChI=1S/C18H21N3O4S/c1-21(15-8-10-26(23,24)12-15)14-7-9-19-17(11-14)18(22)20-13-3-5-16(25-2)6-4-13/h3-7,9,11,15H,8,10,12H2,1-2H3,(H,20,22). The van der Waals surface area contributed by atoms with Crippen LogP contribution in [0.4, 0.5) is 11.4 Å². The van der Waals surface area contributed by atoms with Crippen LogP contribution in [0.25, 0.3) is 0 Å². The van der Waals surface area contributed by atoms with Gasteiger partial charge in [-0.2, -0.15) is 0 Å². The molecule has 1 N–H and O–H groups in total. The van der Waals surface area contributed by atoms with Crippen molar-refractivity contribution < 1.29 is 17.9 Å². The van der Waals surface area contributed by atoms with Crippen molar-refractivity contribution in [1.82, 2.24) is 4.98 Å². The molecule has 0 aliphatic carbocycles. The number of methoxy groups -OCH3 is 1. The molecule has 138 valence electrons. The summed E-state index contributed by atoms with van der Waals surface area (Å²) in [7, 11) is 0.450. The minimum atomic E-state index is -2.97. The van der Waals surface area contributed by atoms with Crippen LogP contribution in [-0.2, 0) is 9.84 Å². The summed E-state index contributed by atoms with van der Waals surface area (Å²) in [6.07, 6.45) is 2.15. The van der Waals surface area contributed by atoms with Gasteiger partial charge in [-0.25, -0.2) is 8.42 Å². The Hall–Kier alpha value is -2.61. The number of benzene rings is 1. The summed E-state index contributed by atoms with van der Waals surface area (Å²) in [5.74, 6) is 0.720. The van der Waals surface area contributed by atoms with E-state index < -0.39 is 9.84 Å². The topological polar surface area (TPSA) is 88.6 Å². The molecule has 1 saturated heterocycles. The van der Waals surface area contributed by atoms with E-state index in [2.05, 4.69) is 10.3 Å². The maximum Gasteiger partial charge on any atom is 0.274 e. The molecule has 0 saturated carbocycles. The zero-order valence-corrected chi connectivity index (χ0v) is 15.5. The Morgan fingerprint density at radius 2 is 2.00 bits per heavy atom. The number of carbonyl (C=O) groups is 1. The van der Waals surface area contributed by atoms with Crippen LogP contribution in [0.5, 0.6) is 5.75 Å². The summed E-state index contributed by atoms with van der Waals surface area (Å²) < 4.78 is 28.5. The number of anilines is 2. The largest absolute Gasteiger partial charge is 0.497 e. The van der Waals surface area contributed by atoms with Crippen molar-refractivity contribution in [3.05, 3.63) is 48.3 Å². The molecular weight excluding hydrogens is 354 g/mol. The van der Waals surface area contributed by atoms with Crippen LogP contribution in [0, 0.1) is 0 Å². The van der Waals surface area contributed by atoms with E-state index in [0.29, 0.717) is 17.9 Å². The number of aromatic nitrogens is 1. The van der Waals surface area contributed by atoms with E-state index in [4.69, 9.17) is 4.74 Å². The maximum absolute atomic E-state index is 12.4. The van der Waals surface area contributed by atoms with Gasteiger partial charge in [-0.1, -0.05) is 0 Å². The molecule has 7 nitrogen and oxygen atoms in total. The molecule has 1 aromatic carbocycles. The number of hydrogen-bond acceptors (Lipinski definition) is 6. The van der Waals surface area contributed by atoms with Crippen LogP contribution in [0.3, 0.4) is 0 Å². The molecule has 0 spiro atoms. The Kier molecular flexibility index (Phi) is 5.13. The van der Waals surface area contributed by atoms with Gasteiger partial charge in [-0.15, -0.1) is 0 Å². The SMILES string of the molecule is COc1ccc(NC(=O)c2cc(N(C)C3CCS(=O)(=O)C3)ccn2)cc1. The fourth-order valence-corrected chi connectivity index (χ4v) is 4.70. The summed E-state index contributed by atoms with van der Waals surface area (Å²) in [5.41, 5.74) is 1.67. The lowest BCUT2D eigenvalue weighted by atomic mass is 10.2. The van der Waals surface area contributed by atoms with Crippen molar-refractivity contribution in [2.45, 2.75) is 12.5 Å². The van der Waals surface area contributed by atoms with E-state index in [0.717, 1.165) is 5.69 Å². The summed E-state index contributed by atoms with van der Waals surface area (Å²) in [6.45, 7) is 0. The first-order valence-corrected chi connectivity index (χ1v) is 10.0. The van der Waals surface area contributed by atoms with E-state index in [1.165, 1.54) is 0 Å². The summed E-state index contributed by atoms with van der Waals surface area (Å²) >= 11 is 0. The van der Waals surface area contributed by atoms with Gasteiger partial charge in [0.25, 0.3) is 5.91 Å². The van der Waals surface area contributed by atoms with Gasteiger partial charge in [0.2, 0.25) is 0 Å². The van der Waals surface area contributed by atoms with E-state index >= 15 is 0 Å². The van der Waals surface area contributed by atoms with E-state index in [1.807, 2.05) is 11.9 Å². The average Bonchev–Trinajstić information content (AvgIpc) is 3.01. The second-order valence-electron chi connectivity index (χ2n) is 6.25. The fourth-order valence-electron chi connectivity index (χ4n) is 2.92. The van der Waals surface area contributed by atoms with Crippen molar-refractivity contribution >= 4 is 27.1 Å². The Morgan fingerprint density at radius 1 is 1.27 bits per heavy atom. The lowest BCUT2D eigenvalue weighted by molar-refractivity contribution is 0.102. The maximum atomic E-state index is 12.4. The van der Waals surface area contributed by atoms with Crippen LogP contribution in [0.15, 0.2) is 42.6 Å². The molecule has 3 rings (SSSR count). The summed E-state index contributed by atoms with van der Waals surface area (Å²) in [4.78, 5) is 18.5. The molecule has 26 heavy (non-hydrogen) atoms. The van der Waals surface area contributed by atoms with E-state index in [9.17, 15) is 13.2 Å². The van der Waals surface area contributed by atoms with Crippen molar-refractivity contribution in [2.24, 2.45) is 0 Å². The first kappa shape index (κ1) is 18.2. The van der Waals surface area contributed by atoms with Gasteiger partial charge in [0.05, 0.1) is 18.6 Å². The lowest BCUT2D eigenvalue weighted by Gasteiger charge is -2.25. The number of sulfone groups is 1. The number of amides is 1. The minimum Gasteiger partial charge on any atom is -0.497 e. The third kappa shape index (κ3) is 4.13. The van der Waals surface area contributed by atoms with Crippen molar-refractivity contribution in [3.63, 3.8) is 0 Å². The van der Waals surface area contributed by atoms with Crippen molar-refractivity contribution in [1.29, 1.82) is 0 Å².